The van der Waals surface area contributed by atoms with Gasteiger partial charge < -0.3 is 10.6 Å². The second-order valence-electron chi connectivity index (χ2n) is 5.47. The van der Waals surface area contributed by atoms with Crippen LogP contribution in [0.1, 0.15) is 21.7 Å². The number of carbonyl (C=O) groups excluding carboxylic acids is 1. The van der Waals surface area contributed by atoms with E-state index in [1.807, 2.05) is 24.5 Å². The lowest BCUT2D eigenvalue weighted by molar-refractivity contribution is 0.0955. The van der Waals surface area contributed by atoms with Crippen molar-refractivity contribution in [1.82, 2.24) is 29.8 Å². The van der Waals surface area contributed by atoms with E-state index in [4.69, 9.17) is 0 Å². The van der Waals surface area contributed by atoms with Gasteiger partial charge in [-0.3, -0.25) is 14.3 Å². The summed E-state index contributed by atoms with van der Waals surface area (Å²) in [5.41, 5.74) is 2.54. The third-order valence-electron chi connectivity index (χ3n) is 3.79. The number of amides is 1. The van der Waals surface area contributed by atoms with E-state index in [0.717, 1.165) is 17.2 Å². The molecule has 0 aliphatic heterocycles. The van der Waals surface area contributed by atoms with Crippen LogP contribution in [0.4, 0.5) is 5.82 Å². The minimum atomic E-state index is -0.150. The molecule has 0 aliphatic rings. The van der Waals surface area contributed by atoms with Crippen molar-refractivity contribution in [3.05, 3.63) is 60.2 Å². The Morgan fingerprint density at radius 2 is 2.08 bits per heavy atom. The molecular weight excluding hydrogens is 318 g/mol. The zero-order chi connectivity index (χ0) is 17.6. The van der Waals surface area contributed by atoms with Crippen LogP contribution in [-0.2, 0) is 0 Å². The number of carbonyl (C=O) groups is 1. The average Bonchev–Trinajstić information content (AvgIpc) is 2.98. The summed E-state index contributed by atoms with van der Waals surface area (Å²) in [6, 6.07) is 5.30. The highest BCUT2D eigenvalue weighted by Crippen LogP contribution is 2.13. The Hall–Kier alpha value is -3.29. The number of anilines is 1. The van der Waals surface area contributed by atoms with Crippen LogP contribution >= 0.6 is 0 Å². The van der Waals surface area contributed by atoms with E-state index in [-0.39, 0.29) is 5.91 Å². The molecule has 0 atom stereocenters. The van der Waals surface area contributed by atoms with Crippen LogP contribution in [0.15, 0.2) is 43.2 Å². The summed E-state index contributed by atoms with van der Waals surface area (Å²) in [4.78, 5) is 28.6. The first kappa shape index (κ1) is 16.6. The van der Waals surface area contributed by atoms with Crippen LogP contribution in [0.3, 0.4) is 0 Å². The quantitative estimate of drug-likeness (QED) is 0.662. The molecular formula is C17H19N7O. The summed E-state index contributed by atoms with van der Waals surface area (Å²) in [6.45, 7) is 4.96. The Morgan fingerprint density at radius 3 is 2.80 bits per heavy atom. The first-order valence-electron chi connectivity index (χ1n) is 7.90. The number of hydrogen-bond donors (Lipinski definition) is 2. The van der Waals surface area contributed by atoms with E-state index in [9.17, 15) is 4.79 Å². The number of hydrogen-bond acceptors (Lipinski definition) is 6. The van der Waals surface area contributed by atoms with Gasteiger partial charge >= 0.3 is 0 Å². The van der Waals surface area contributed by atoms with Crippen molar-refractivity contribution in [2.75, 3.05) is 18.4 Å². The smallest absolute Gasteiger partial charge is 0.252 e. The molecule has 2 N–H and O–H groups in total. The lowest BCUT2D eigenvalue weighted by atomic mass is 10.3. The molecule has 3 heterocycles. The van der Waals surface area contributed by atoms with E-state index < -0.39 is 0 Å². The third-order valence-corrected chi connectivity index (χ3v) is 3.79. The SMILES string of the molecule is Cc1ncn(-c2cc(NCCNC(=O)c3cccnc3)ncn2)c1C. The van der Waals surface area contributed by atoms with Gasteiger partial charge in [-0.15, -0.1) is 0 Å². The van der Waals surface area contributed by atoms with E-state index in [2.05, 4.69) is 30.6 Å². The molecule has 0 saturated carbocycles. The van der Waals surface area contributed by atoms with E-state index in [1.54, 1.807) is 24.7 Å². The maximum atomic E-state index is 11.9. The maximum absolute atomic E-state index is 11.9. The first-order chi connectivity index (χ1) is 12.1. The van der Waals surface area contributed by atoms with Crippen molar-refractivity contribution in [1.29, 1.82) is 0 Å². The Morgan fingerprint density at radius 1 is 1.20 bits per heavy atom. The summed E-state index contributed by atoms with van der Waals surface area (Å²) in [7, 11) is 0. The summed E-state index contributed by atoms with van der Waals surface area (Å²) in [5.74, 6) is 1.28. The molecule has 0 unspecified atom stereocenters. The van der Waals surface area contributed by atoms with Gasteiger partial charge in [-0.05, 0) is 26.0 Å². The van der Waals surface area contributed by atoms with Crippen molar-refractivity contribution in [2.45, 2.75) is 13.8 Å². The van der Waals surface area contributed by atoms with Crippen LogP contribution in [0.5, 0.6) is 0 Å². The Bertz CT molecular complexity index is 860. The zero-order valence-corrected chi connectivity index (χ0v) is 14.1. The molecule has 0 bridgehead atoms. The fourth-order valence-corrected chi connectivity index (χ4v) is 2.27. The highest BCUT2D eigenvalue weighted by molar-refractivity contribution is 5.93. The summed E-state index contributed by atoms with van der Waals surface area (Å²) in [5, 5.41) is 6.00. The van der Waals surface area contributed by atoms with Crippen molar-refractivity contribution in [3.8, 4) is 5.82 Å². The maximum Gasteiger partial charge on any atom is 0.252 e. The fourth-order valence-electron chi connectivity index (χ4n) is 2.27. The van der Waals surface area contributed by atoms with Crippen molar-refractivity contribution >= 4 is 11.7 Å². The Kier molecular flexibility index (Phi) is 4.98. The zero-order valence-electron chi connectivity index (χ0n) is 14.1. The topological polar surface area (TPSA) is 97.6 Å². The van der Waals surface area contributed by atoms with Gasteiger partial charge in [0.05, 0.1) is 11.3 Å². The van der Waals surface area contributed by atoms with E-state index in [0.29, 0.717) is 24.5 Å². The molecule has 1 amide bonds. The number of imidazole rings is 1. The van der Waals surface area contributed by atoms with Gasteiger partial charge in [0.1, 0.15) is 24.3 Å². The number of nitrogens with one attached hydrogen (secondary N) is 2. The Labute approximate surface area is 145 Å². The van der Waals surface area contributed by atoms with Gasteiger partial charge in [0, 0.05) is 37.2 Å². The average molecular weight is 337 g/mol. The normalized spacial score (nSPS) is 10.5. The lowest BCUT2D eigenvalue weighted by Gasteiger charge is -2.09. The lowest BCUT2D eigenvalue weighted by Crippen LogP contribution is -2.29. The summed E-state index contributed by atoms with van der Waals surface area (Å²) >= 11 is 0. The number of nitrogens with zero attached hydrogens (tertiary/aromatic N) is 5. The molecule has 0 aliphatic carbocycles. The molecule has 0 aromatic carbocycles. The second-order valence-corrected chi connectivity index (χ2v) is 5.47. The van der Waals surface area contributed by atoms with Gasteiger partial charge in [-0.25, -0.2) is 15.0 Å². The fraction of sp³-hybridized carbons (Fsp3) is 0.235. The number of aryl methyl sites for hydroxylation is 1. The van der Waals surface area contributed by atoms with Crippen molar-refractivity contribution < 1.29 is 4.79 Å². The Balaban J connectivity index is 1.55. The molecule has 8 heteroatoms. The largest absolute Gasteiger partial charge is 0.368 e. The molecule has 8 nitrogen and oxygen atoms in total. The van der Waals surface area contributed by atoms with Crippen molar-refractivity contribution in [2.24, 2.45) is 0 Å². The molecule has 0 spiro atoms. The van der Waals surface area contributed by atoms with Crippen LogP contribution in [0.25, 0.3) is 5.82 Å². The molecule has 128 valence electrons. The van der Waals surface area contributed by atoms with Crippen LogP contribution in [0.2, 0.25) is 0 Å². The van der Waals surface area contributed by atoms with Crippen LogP contribution in [0, 0.1) is 13.8 Å². The highest BCUT2D eigenvalue weighted by atomic mass is 16.1. The molecule has 25 heavy (non-hydrogen) atoms. The van der Waals surface area contributed by atoms with E-state index in [1.165, 1.54) is 12.5 Å². The molecule has 0 radical (unpaired) electrons. The molecule has 3 rings (SSSR count). The monoisotopic (exact) mass is 337 g/mol. The molecule has 0 fully saturated rings. The second kappa shape index (κ2) is 7.52. The molecule has 3 aromatic heterocycles. The third kappa shape index (κ3) is 3.97. The standard InChI is InChI=1S/C17H19N7O/c1-12-13(2)24(11-23-12)16-8-15(21-10-22-16)19-6-7-20-17(25)14-4-3-5-18-9-14/h3-5,8-11H,6-7H2,1-2H3,(H,20,25)(H,19,21,22). The van der Waals surface area contributed by atoms with Gasteiger partial charge in [0.15, 0.2) is 0 Å². The van der Waals surface area contributed by atoms with Crippen LogP contribution < -0.4 is 10.6 Å². The van der Waals surface area contributed by atoms with Gasteiger partial charge in [-0.1, -0.05) is 0 Å². The van der Waals surface area contributed by atoms with Gasteiger partial charge in [0.25, 0.3) is 5.91 Å². The summed E-state index contributed by atoms with van der Waals surface area (Å²) < 4.78 is 1.91. The molecule has 3 aromatic rings. The highest BCUT2D eigenvalue weighted by Gasteiger charge is 2.07. The van der Waals surface area contributed by atoms with Gasteiger partial charge in [-0.2, -0.15) is 0 Å². The number of aromatic nitrogens is 5. The van der Waals surface area contributed by atoms with Crippen molar-refractivity contribution in [3.63, 3.8) is 0 Å². The number of rotatable bonds is 6. The van der Waals surface area contributed by atoms with Crippen LogP contribution in [-0.4, -0.2) is 43.5 Å². The first-order valence-corrected chi connectivity index (χ1v) is 7.90. The van der Waals surface area contributed by atoms with Gasteiger partial charge in [0.2, 0.25) is 0 Å². The number of pyridine rings is 1. The van der Waals surface area contributed by atoms with E-state index >= 15 is 0 Å². The summed E-state index contributed by atoms with van der Waals surface area (Å²) in [6.07, 6.45) is 6.41. The predicted octanol–water partition coefficient (Wildman–Crippen LogP) is 1.52. The molecule has 0 saturated heterocycles. The predicted molar refractivity (Wildman–Crippen MR) is 93.7 cm³/mol. The minimum Gasteiger partial charge on any atom is -0.368 e. The minimum absolute atomic E-state index is 0.150.